The predicted octanol–water partition coefficient (Wildman–Crippen LogP) is 1.52. The Morgan fingerprint density at radius 3 is 2.50 bits per heavy atom. The van der Waals surface area contributed by atoms with Gasteiger partial charge >= 0.3 is 0 Å². The highest BCUT2D eigenvalue weighted by molar-refractivity contribution is 4.76. The van der Waals surface area contributed by atoms with E-state index in [2.05, 4.69) is 6.92 Å². The standard InChI is InChI=1S/C7H15N/c1-2-6-3-4-7(8)5-6/h6-7H,2-5,8H2,1H3/t6-,7-/m0/s1. The van der Waals surface area contributed by atoms with Gasteiger partial charge in [-0.1, -0.05) is 13.3 Å². The van der Waals surface area contributed by atoms with Crippen LogP contribution in [0.15, 0.2) is 0 Å². The van der Waals surface area contributed by atoms with Crippen molar-refractivity contribution in [3.8, 4) is 0 Å². The molecular weight excluding hydrogens is 98.1 g/mol. The first-order chi connectivity index (χ1) is 3.83. The summed E-state index contributed by atoms with van der Waals surface area (Å²) in [5.41, 5.74) is 5.70. The van der Waals surface area contributed by atoms with Crippen LogP contribution >= 0.6 is 0 Å². The Morgan fingerprint density at radius 2 is 2.25 bits per heavy atom. The van der Waals surface area contributed by atoms with E-state index in [0.717, 1.165) is 5.92 Å². The highest BCUT2D eigenvalue weighted by atomic mass is 14.6. The van der Waals surface area contributed by atoms with Gasteiger partial charge in [0.15, 0.2) is 0 Å². The van der Waals surface area contributed by atoms with E-state index in [9.17, 15) is 0 Å². The van der Waals surface area contributed by atoms with Crippen LogP contribution in [0.25, 0.3) is 0 Å². The summed E-state index contributed by atoms with van der Waals surface area (Å²) in [7, 11) is 0. The van der Waals surface area contributed by atoms with Gasteiger partial charge in [-0.2, -0.15) is 0 Å². The highest BCUT2D eigenvalue weighted by Crippen LogP contribution is 2.25. The van der Waals surface area contributed by atoms with Crippen LogP contribution in [-0.4, -0.2) is 6.04 Å². The van der Waals surface area contributed by atoms with Gasteiger partial charge in [0, 0.05) is 6.04 Å². The maximum atomic E-state index is 5.70. The van der Waals surface area contributed by atoms with Gasteiger partial charge in [0.1, 0.15) is 0 Å². The quantitative estimate of drug-likeness (QED) is 0.548. The third-order valence-electron chi connectivity index (χ3n) is 2.16. The van der Waals surface area contributed by atoms with Gasteiger partial charge < -0.3 is 5.73 Å². The Labute approximate surface area is 51.3 Å². The topological polar surface area (TPSA) is 26.0 Å². The lowest BCUT2D eigenvalue weighted by molar-refractivity contribution is 0.520. The third kappa shape index (κ3) is 1.22. The van der Waals surface area contributed by atoms with Crippen molar-refractivity contribution in [1.82, 2.24) is 0 Å². The molecule has 0 radical (unpaired) electrons. The molecule has 0 aromatic rings. The molecule has 0 bridgehead atoms. The molecule has 0 saturated heterocycles. The van der Waals surface area contributed by atoms with E-state index in [1.165, 1.54) is 25.7 Å². The second-order valence-electron chi connectivity index (χ2n) is 2.85. The van der Waals surface area contributed by atoms with E-state index >= 15 is 0 Å². The van der Waals surface area contributed by atoms with Crippen LogP contribution in [0.1, 0.15) is 32.6 Å². The van der Waals surface area contributed by atoms with E-state index in [-0.39, 0.29) is 0 Å². The maximum absolute atomic E-state index is 5.70. The minimum atomic E-state index is 0.528. The zero-order valence-electron chi connectivity index (χ0n) is 5.56. The molecule has 1 aliphatic rings. The van der Waals surface area contributed by atoms with Crippen molar-refractivity contribution < 1.29 is 0 Å². The number of hydrogen-bond donors (Lipinski definition) is 1. The molecular formula is C7H15N. The Kier molecular flexibility index (Phi) is 1.90. The van der Waals surface area contributed by atoms with Crippen molar-refractivity contribution in [2.75, 3.05) is 0 Å². The van der Waals surface area contributed by atoms with Crippen LogP contribution in [0.5, 0.6) is 0 Å². The summed E-state index contributed by atoms with van der Waals surface area (Å²) in [6.07, 6.45) is 5.24. The maximum Gasteiger partial charge on any atom is 0.00415 e. The molecule has 1 rings (SSSR count). The monoisotopic (exact) mass is 113 g/mol. The lowest BCUT2D eigenvalue weighted by Gasteiger charge is -2.02. The van der Waals surface area contributed by atoms with Crippen LogP contribution in [0.4, 0.5) is 0 Å². The van der Waals surface area contributed by atoms with Crippen molar-refractivity contribution in [1.29, 1.82) is 0 Å². The molecule has 0 aromatic heterocycles. The number of hydrogen-bond acceptors (Lipinski definition) is 1. The summed E-state index contributed by atoms with van der Waals surface area (Å²) < 4.78 is 0. The van der Waals surface area contributed by atoms with Gasteiger partial charge in [0.05, 0.1) is 0 Å². The first-order valence-electron chi connectivity index (χ1n) is 3.58. The van der Waals surface area contributed by atoms with Gasteiger partial charge in [-0.3, -0.25) is 0 Å². The second-order valence-corrected chi connectivity index (χ2v) is 2.85. The van der Waals surface area contributed by atoms with Crippen LogP contribution in [0, 0.1) is 5.92 Å². The van der Waals surface area contributed by atoms with Crippen LogP contribution in [0.3, 0.4) is 0 Å². The summed E-state index contributed by atoms with van der Waals surface area (Å²) in [5, 5.41) is 0. The number of rotatable bonds is 1. The Hall–Kier alpha value is -0.0400. The minimum absolute atomic E-state index is 0.528. The van der Waals surface area contributed by atoms with Gasteiger partial charge in [0.25, 0.3) is 0 Å². The average Bonchev–Trinajstić information content (AvgIpc) is 2.14. The van der Waals surface area contributed by atoms with E-state index in [1.54, 1.807) is 0 Å². The molecule has 2 atom stereocenters. The molecule has 1 nitrogen and oxygen atoms in total. The summed E-state index contributed by atoms with van der Waals surface area (Å²) in [5.74, 6) is 0.949. The SMILES string of the molecule is CC[C@H]1CC[C@H](N)C1. The largest absolute Gasteiger partial charge is 0.328 e. The molecule has 0 amide bonds. The fourth-order valence-electron chi connectivity index (χ4n) is 1.48. The molecule has 1 saturated carbocycles. The summed E-state index contributed by atoms with van der Waals surface area (Å²) in [6, 6.07) is 0.528. The van der Waals surface area contributed by atoms with Crippen LogP contribution in [-0.2, 0) is 0 Å². The molecule has 1 fully saturated rings. The lowest BCUT2D eigenvalue weighted by Crippen LogP contribution is -2.14. The molecule has 8 heavy (non-hydrogen) atoms. The normalized spacial score (nSPS) is 38.2. The molecule has 0 spiro atoms. The average molecular weight is 113 g/mol. The van der Waals surface area contributed by atoms with E-state index in [0.29, 0.717) is 6.04 Å². The van der Waals surface area contributed by atoms with Crippen molar-refractivity contribution in [3.63, 3.8) is 0 Å². The van der Waals surface area contributed by atoms with Gasteiger partial charge in [-0.25, -0.2) is 0 Å². The van der Waals surface area contributed by atoms with E-state index in [4.69, 9.17) is 5.73 Å². The molecule has 0 aliphatic heterocycles. The van der Waals surface area contributed by atoms with Crippen LogP contribution in [0.2, 0.25) is 0 Å². The second kappa shape index (κ2) is 2.49. The summed E-state index contributed by atoms with van der Waals surface area (Å²) in [4.78, 5) is 0. The van der Waals surface area contributed by atoms with Crippen molar-refractivity contribution in [2.45, 2.75) is 38.6 Å². The Balaban J connectivity index is 2.22. The smallest absolute Gasteiger partial charge is 0.00415 e. The van der Waals surface area contributed by atoms with E-state index < -0.39 is 0 Å². The van der Waals surface area contributed by atoms with Crippen molar-refractivity contribution in [2.24, 2.45) is 11.7 Å². The number of nitrogens with two attached hydrogens (primary N) is 1. The molecule has 0 aromatic carbocycles. The molecule has 48 valence electrons. The molecule has 0 heterocycles. The summed E-state index contributed by atoms with van der Waals surface area (Å²) >= 11 is 0. The Morgan fingerprint density at radius 1 is 1.50 bits per heavy atom. The highest BCUT2D eigenvalue weighted by Gasteiger charge is 2.19. The first kappa shape index (κ1) is 6.09. The molecule has 1 aliphatic carbocycles. The molecule has 0 unspecified atom stereocenters. The fourth-order valence-corrected chi connectivity index (χ4v) is 1.48. The molecule has 1 heteroatoms. The fraction of sp³-hybridized carbons (Fsp3) is 1.00. The zero-order valence-corrected chi connectivity index (χ0v) is 5.56. The first-order valence-corrected chi connectivity index (χ1v) is 3.58. The summed E-state index contributed by atoms with van der Waals surface area (Å²) in [6.45, 7) is 2.25. The lowest BCUT2D eigenvalue weighted by atomic mass is 10.1. The van der Waals surface area contributed by atoms with E-state index in [1.807, 2.05) is 0 Å². The van der Waals surface area contributed by atoms with Gasteiger partial charge in [-0.15, -0.1) is 0 Å². The zero-order chi connectivity index (χ0) is 5.98. The third-order valence-corrected chi connectivity index (χ3v) is 2.16. The van der Waals surface area contributed by atoms with Crippen LogP contribution < -0.4 is 5.73 Å². The van der Waals surface area contributed by atoms with Gasteiger partial charge in [-0.05, 0) is 25.2 Å². The molecule has 2 N–H and O–H groups in total. The predicted molar refractivity (Wildman–Crippen MR) is 35.6 cm³/mol. The van der Waals surface area contributed by atoms with Crippen molar-refractivity contribution >= 4 is 0 Å². The Bertz CT molecular complexity index is 70.8. The van der Waals surface area contributed by atoms with Crippen molar-refractivity contribution in [3.05, 3.63) is 0 Å². The minimum Gasteiger partial charge on any atom is -0.328 e. The van der Waals surface area contributed by atoms with Gasteiger partial charge in [0.2, 0.25) is 0 Å².